The Morgan fingerprint density at radius 2 is 2.24 bits per heavy atom. The second-order valence-corrected chi connectivity index (χ2v) is 4.73. The number of carbonyl (C=O) groups excluding carboxylic acids is 1. The number of nitrogens with zero attached hydrogens (tertiary/aromatic N) is 5. The fourth-order valence-electron chi connectivity index (χ4n) is 2.24. The van der Waals surface area contributed by atoms with Crippen molar-refractivity contribution in [3.63, 3.8) is 0 Å². The van der Waals surface area contributed by atoms with Gasteiger partial charge in [-0.25, -0.2) is 15.0 Å². The van der Waals surface area contributed by atoms with E-state index in [1.54, 1.807) is 17.3 Å². The topological polar surface area (TPSA) is 81.1 Å². The molecule has 2 aromatic rings. The molecule has 2 aromatic heterocycles. The Morgan fingerprint density at radius 3 is 3.00 bits per heavy atom. The van der Waals surface area contributed by atoms with E-state index in [0.29, 0.717) is 31.2 Å². The second-order valence-electron chi connectivity index (χ2n) is 4.73. The quantitative estimate of drug-likeness (QED) is 0.811. The van der Waals surface area contributed by atoms with Gasteiger partial charge in [0.25, 0.3) is 5.91 Å². The number of amides is 1. The minimum Gasteiger partial charge on any atom is -0.368 e. The Bertz CT molecular complexity index is 634. The highest BCUT2D eigenvalue weighted by atomic mass is 16.5. The number of morpholine rings is 1. The van der Waals surface area contributed by atoms with Gasteiger partial charge in [-0.2, -0.15) is 0 Å². The molecule has 1 aliphatic heterocycles. The molecule has 21 heavy (non-hydrogen) atoms. The molecular weight excluding hydrogens is 270 g/mol. The van der Waals surface area contributed by atoms with Crippen LogP contribution in [0.4, 0.5) is 0 Å². The zero-order chi connectivity index (χ0) is 14.7. The molecule has 0 unspecified atom stereocenters. The number of ether oxygens (including phenoxy) is 1. The number of rotatable bonds is 2. The van der Waals surface area contributed by atoms with Gasteiger partial charge >= 0.3 is 0 Å². The Labute approximate surface area is 122 Å². The molecule has 1 fully saturated rings. The molecule has 1 amide bonds. The van der Waals surface area contributed by atoms with Crippen molar-refractivity contribution in [1.29, 1.82) is 0 Å². The Hall–Kier alpha value is -2.41. The highest BCUT2D eigenvalue weighted by molar-refractivity contribution is 5.92. The first kappa shape index (κ1) is 13.6. The predicted octanol–water partition coefficient (Wildman–Crippen LogP) is 0.789. The molecule has 0 radical (unpaired) electrons. The highest BCUT2D eigenvalue weighted by Gasteiger charge is 2.27. The summed E-state index contributed by atoms with van der Waals surface area (Å²) in [6.45, 7) is 3.29. The standard InChI is InChI=1S/C14H15N5O2/c1-10-16-3-2-11(18-10)13-9-19(6-7-21-13)14(20)12-8-15-4-5-17-12/h2-5,8,13H,6-7,9H2,1H3/t13-/m1/s1. The van der Waals surface area contributed by atoms with Crippen LogP contribution in [0.3, 0.4) is 0 Å². The SMILES string of the molecule is Cc1nccc([C@H]2CN(C(=O)c3cnccn3)CCO2)n1. The molecular formula is C14H15N5O2. The molecule has 0 aliphatic carbocycles. The zero-order valence-corrected chi connectivity index (χ0v) is 11.6. The van der Waals surface area contributed by atoms with Crippen LogP contribution in [-0.4, -0.2) is 50.4 Å². The summed E-state index contributed by atoms with van der Waals surface area (Å²) in [7, 11) is 0. The van der Waals surface area contributed by atoms with Crippen molar-refractivity contribution in [3.8, 4) is 0 Å². The summed E-state index contributed by atoms with van der Waals surface area (Å²) in [6.07, 6.45) is 5.99. The molecule has 0 spiro atoms. The fraction of sp³-hybridized carbons (Fsp3) is 0.357. The summed E-state index contributed by atoms with van der Waals surface area (Å²) in [5.41, 5.74) is 1.14. The number of aromatic nitrogens is 4. The van der Waals surface area contributed by atoms with Crippen LogP contribution in [0.5, 0.6) is 0 Å². The van der Waals surface area contributed by atoms with Crippen LogP contribution in [0.1, 0.15) is 28.1 Å². The van der Waals surface area contributed by atoms with Crippen LogP contribution in [0.2, 0.25) is 0 Å². The maximum atomic E-state index is 12.4. The lowest BCUT2D eigenvalue weighted by Gasteiger charge is -2.32. The van der Waals surface area contributed by atoms with Crippen LogP contribution in [-0.2, 0) is 4.74 Å². The van der Waals surface area contributed by atoms with Crippen LogP contribution < -0.4 is 0 Å². The Balaban J connectivity index is 1.75. The highest BCUT2D eigenvalue weighted by Crippen LogP contribution is 2.21. The minimum atomic E-state index is -0.235. The van der Waals surface area contributed by atoms with Gasteiger partial charge in [-0.3, -0.25) is 9.78 Å². The molecule has 0 saturated carbocycles. The van der Waals surface area contributed by atoms with E-state index in [9.17, 15) is 4.79 Å². The van der Waals surface area contributed by atoms with Gasteiger partial charge in [0, 0.05) is 25.1 Å². The number of hydrogen-bond donors (Lipinski definition) is 0. The number of aryl methyl sites for hydroxylation is 1. The van der Waals surface area contributed by atoms with E-state index >= 15 is 0 Å². The first-order valence-electron chi connectivity index (χ1n) is 6.70. The molecule has 3 rings (SSSR count). The van der Waals surface area contributed by atoms with Crippen LogP contribution >= 0.6 is 0 Å². The Kier molecular flexibility index (Phi) is 3.83. The molecule has 0 N–H and O–H groups in total. The molecule has 7 heteroatoms. The molecule has 108 valence electrons. The van der Waals surface area contributed by atoms with E-state index in [1.807, 2.05) is 13.0 Å². The second kappa shape index (κ2) is 5.92. The summed E-state index contributed by atoms with van der Waals surface area (Å²) in [6, 6.07) is 1.81. The van der Waals surface area contributed by atoms with Gasteiger partial charge in [-0.15, -0.1) is 0 Å². The summed E-state index contributed by atoms with van der Waals surface area (Å²) >= 11 is 0. The van der Waals surface area contributed by atoms with Crippen molar-refractivity contribution < 1.29 is 9.53 Å². The van der Waals surface area contributed by atoms with Gasteiger partial charge in [0.1, 0.15) is 17.6 Å². The molecule has 1 aliphatic rings. The average molecular weight is 285 g/mol. The largest absolute Gasteiger partial charge is 0.368 e. The van der Waals surface area contributed by atoms with E-state index in [1.165, 1.54) is 12.4 Å². The van der Waals surface area contributed by atoms with E-state index in [2.05, 4.69) is 19.9 Å². The van der Waals surface area contributed by atoms with Gasteiger partial charge in [-0.05, 0) is 13.0 Å². The summed E-state index contributed by atoms with van der Waals surface area (Å²) in [5, 5.41) is 0. The average Bonchev–Trinajstić information content (AvgIpc) is 2.55. The third kappa shape index (κ3) is 3.03. The summed E-state index contributed by atoms with van der Waals surface area (Å²) < 4.78 is 5.72. The van der Waals surface area contributed by atoms with Crippen molar-refractivity contribution in [1.82, 2.24) is 24.8 Å². The first-order valence-corrected chi connectivity index (χ1v) is 6.70. The van der Waals surface area contributed by atoms with E-state index < -0.39 is 0 Å². The van der Waals surface area contributed by atoms with Crippen molar-refractivity contribution in [2.45, 2.75) is 13.0 Å². The van der Waals surface area contributed by atoms with Crippen molar-refractivity contribution >= 4 is 5.91 Å². The molecule has 3 heterocycles. The van der Waals surface area contributed by atoms with Gasteiger partial charge in [-0.1, -0.05) is 0 Å². The molecule has 0 bridgehead atoms. The first-order chi connectivity index (χ1) is 10.2. The van der Waals surface area contributed by atoms with Crippen molar-refractivity contribution in [3.05, 3.63) is 48.1 Å². The number of hydrogen-bond acceptors (Lipinski definition) is 6. The van der Waals surface area contributed by atoms with Gasteiger partial charge in [0.05, 0.1) is 25.0 Å². The van der Waals surface area contributed by atoms with Gasteiger partial charge in [0.15, 0.2) is 0 Å². The maximum absolute atomic E-state index is 12.4. The van der Waals surface area contributed by atoms with Gasteiger partial charge in [0.2, 0.25) is 0 Å². The molecule has 1 atom stereocenters. The smallest absolute Gasteiger partial charge is 0.274 e. The summed E-state index contributed by atoms with van der Waals surface area (Å²) in [5.74, 6) is 0.552. The lowest BCUT2D eigenvalue weighted by molar-refractivity contribution is -0.0250. The van der Waals surface area contributed by atoms with E-state index in [0.717, 1.165) is 5.69 Å². The van der Waals surface area contributed by atoms with Crippen LogP contribution in [0, 0.1) is 6.92 Å². The maximum Gasteiger partial charge on any atom is 0.274 e. The van der Waals surface area contributed by atoms with Crippen LogP contribution in [0.25, 0.3) is 0 Å². The summed E-state index contributed by atoms with van der Waals surface area (Å²) in [4.78, 5) is 30.5. The van der Waals surface area contributed by atoms with Crippen molar-refractivity contribution in [2.24, 2.45) is 0 Å². The van der Waals surface area contributed by atoms with Crippen LogP contribution in [0.15, 0.2) is 30.9 Å². The lowest BCUT2D eigenvalue weighted by Crippen LogP contribution is -2.42. The van der Waals surface area contributed by atoms with Gasteiger partial charge < -0.3 is 9.64 Å². The normalized spacial score (nSPS) is 18.5. The third-order valence-electron chi connectivity index (χ3n) is 3.26. The zero-order valence-electron chi connectivity index (χ0n) is 11.6. The Morgan fingerprint density at radius 1 is 1.33 bits per heavy atom. The number of carbonyl (C=O) groups is 1. The molecule has 1 saturated heterocycles. The molecule has 7 nitrogen and oxygen atoms in total. The lowest BCUT2D eigenvalue weighted by atomic mass is 10.2. The molecule has 0 aromatic carbocycles. The third-order valence-corrected chi connectivity index (χ3v) is 3.26. The monoisotopic (exact) mass is 285 g/mol. The minimum absolute atomic E-state index is 0.137. The predicted molar refractivity (Wildman–Crippen MR) is 73.4 cm³/mol. The van der Waals surface area contributed by atoms with Crippen molar-refractivity contribution in [2.75, 3.05) is 19.7 Å². The fourth-order valence-corrected chi connectivity index (χ4v) is 2.24. The van der Waals surface area contributed by atoms with E-state index in [-0.39, 0.29) is 12.0 Å². The van der Waals surface area contributed by atoms with E-state index in [4.69, 9.17) is 4.74 Å².